The van der Waals surface area contributed by atoms with Gasteiger partial charge in [-0.1, -0.05) is 31.9 Å². The average molecular weight is 562 g/mol. The highest BCUT2D eigenvalue weighted by Gasteiger charge is 2.12. The van der Waals surface area contributed by atoms with Crippen molar-refractivity contribution in [2.45, 2.75) is 0 Å². The van der Waals surface area contributed by atoms with E-state index >= 15 is 0 Å². The summed E-state index contributed by atoms with van der Waals surface area (Å²) in [4.78, 5) is 24.4. The molecule has 7 nitrogen and oxygen atoms in total. The van der Waals surface area contributed by atoms with Crippen LogP contribution in [-0.2, 0) is 4.79 Å². The van der Waals surface area contributed by atoms with E-state index in [1.807, 2.05) is 12.1 Å². The molecular formula is C23H18Br2N2O5. The number of methoxy groups -OCH3 is 1. The summed E-state index contributed by atoms with van der Waals surface area (Å²) >= 11 is 6.71. The van der Waals surface area contributed by atoms with Gasteiger partial charge in [0.25, 0.3) is 5.91 Å². The Kier molecular flexibility index (Phi) is 8.41. The maximum atomic E-state index is 12.5. The van der Waals surface area contributed by atoms with Crippen LogP contribution in [0.15, 0.2) is 80.8 Å². The third-order valence-corrected chi connectivity index (χ3v) is 5.10. The van der Waals surface area contributed by atoms with E-state index in [0.717, 1.165) is 8.95 Å². The first-order chi connectivity index (χ1) is 15.4. The van der Waals surface area contributed by atoms with Gasteiger partial charge in [-0.25, -0.2) is 10.2 Å². The van der Waals surface area contributed by atoms with Gasteiger partial charge < -0.3 is 14.2 Å². The fraction of sp³-hybridized carbons (Fsp3) is 0.0870. The molecule has 164 valence electrons. The van der Waals surface area contributed by atoms with Crippen LogP contribution in [-0.4, -0.2) is 31.8 Å². The molecule has 0 saturated carbocycles. The number of amides is 1. The van der Waals surface area contributed by atoms with E-state index in [2.05, 4.69) is 42.4 Å². The molecule has 1 amide bonds. The van der Waals surface area contributed by atoms with Crippen molar-refractivity contribution in [1.29, 1.82) is 0 Å². The van der Waals surface area contributed by atoms with Crippen molar-refractivity contribution in [3.8, 4) is 17.2 Å². The van der Waals surface area contributed by atoms with Gasteiger partial charge in [0, 0.05) is 14.5 Å². The minimum Gasteiger partial charge on any atom is -0.497 e. The maximum Gasteiger partial charge on any atom is 0.343 e. The van der Waals surface area contributed by atoms with Gasteiger partial charge in [0.15, 0.2) is 6.61 Å². The highest BCUT2D eigenvalue weighted by molar-refractivity contribution is 9.10. The van der Waals surface area contributed by atoms with Crippen LogP contribution in [0.4, 0.5) is 0 Å². The Morgan fingerprint density at radius 2 is 1.59 bits per heavy atom. The van der Waals surface area contributed by atoms with Gasteiger partial charge >= 0.3 is 5.97 Å². The molecule has 0 heterocycles. The molecule has 1 N–H and O–H groups in total. The summed E-state index contributed by atoms with van der Waals surface area (Å²) in [5.74, 6) is 0.524. The first-order valence-corrected chi connectivity index (χ1v) is 10.9. The van der Waals surface area contributed by atoms with Gasteiger partial charge in [0.05, 0.1) is 18.9 Å². The first-order valence-electron chi connectivity index (χ1n) is 9.30. The predicted molar refractivity (Wildman–Crippen MR) is 127 cm³/mol. The second-order valence-corrected chi connectivity index (χ2v) is 8.17. The van der Waals surface area contributed by atoms with Gasteiger partial charge in [-0.05, 0) is 66.7 Å². The standard InChI is InChI=1S/C23H18Br2N2O5/c1-30-19-7-2-15(3-8-19)23(29)32-21-11-6-18(25)12-16(21)13-26-27-22(28)14-31-20-9-4-17(24)5-10-20/h2-13H,14H2,1H3,(H,27,28)/b26-13-. The van der Waals surface area contributed by atoms with Crippen molar-refractivity contribution in [3.63, 3.8) is 0 Å². The largest absolute Gasteiger partial charge is 0.497 e. The summed E-state index contributed by atoms with van der Waals surface area (Å²) in [6.07, 6.45) is 1.39. The van der Waals surface area contributed by atoms with Crippen LogP contribution < -0.4 is 19.6 Å². The smallest absolute Gasteiger partial charge is 0.343 e. The van der Waals surface area contributed by atoms with E-state index in [4.69, 9.17) is 14.2 Å². The highest BCUT2D eigenvalue weighted by Crippen LogP contribution is 2.23. The topological polar surface area (TPSA) is 86.2 Å². The fourth-order valence-corrected chi connectivity index (χ4v) is 3.13. The van der Waals surface area contributed by atoms with Gasteiger partial charge in [0.2, 0.25) is 0 Å². The van der Waals surface area contributed by atoms with Crippen molar-refractivity contribution < 1.29 is 23.8 Å². The minimum atomic E-state index is -0.531. The van der Waals surface area contributed by atoms with Gasteiger partial charge in [-0.15, -0.1) is 0 Å². The monoisotopic (exact) mass is 560 g/mol. The molecule has 0 saturated heterocycles. The number of nitrogens with zero attached hydrogens (tertiary/aromatic N) is 1. The molecule has 0 aliphatic carbocycles. The van der Waals surface area contributed by atoms with Gasteiger partial charge in [-0.3, -0.25) is 4.79 Å². The van der Waals surface area contributed by atoms with Gasteiger partial charge in [0.1, 0.15) is 17.2 Å². The Balaban J connectivity index is 1.61. The molecule has 9 heteroatoms. The quantitative estimate of drug-likeness (QED) is 0.182. The molecular weight excluding hydrogens is 544 g/mol. The minimum absolute atomic E-state index is 0.198. The number of halogens is 2. The second kappa shape index (κ2) is 11.4. The van der Waals surface area contributed by atoms with E-state index in [0.29, 0.717) is 22.6 Å². The first kappa shape index (κ1) is 23.5. The molecule has 0 bridgehead atoms. The van der Waals surface area contributed by atoms with Crippen LogP contribution >= 0.6 is 31.9 Å². The lowest BCUT2D eigenvalue weighted by molar-refractivity contribution is -0.123. The molecule has 0 spiro atoms. The molecule has 3 rings (SSSR count). The Labute approximate surface area is 201 Å². The Morgan fingerprint density at radius 3 is 2.28 bits per heavy atom. The van der Waals surface area contributed by atoms with E-state index in [1.54, 1.807) is 61.7 Å². The lowest BCUT2D eigenvalue weighted by Crippen LogP contribution is -2.24. The van der Waals surface area contributed by atoms with Crippen molar-refractivity contribution in [1.82, 2.24) is 5.43 Å². The number of benzene rings is 3. The maximum absolute atomic E-state index is 12.5. The lowest BCUT2D eigenvalue weighted by Gasteiger charge is -2.09. The van der Waals surface area contributed by atoms with E-state index < -0.39 is 11.9 Å². The van der Waals surface area contributed by atoms with Crippen LogP contribution in [0.3, 0.4) is 0 Å². The molecule has 0 atom stereocenters. The zero-order valence-corrected chi connectivity index (χ0v) is 20.1. The highest BCUT2D eigenvalue weighted by atomic mass is 79.9. The Hall–Kier alpha value is -3.17. The number of carbonyl (C=O) groups excluding carboxylic acids is 2. The summed E-state index contributed by atoms with van der Waals surface area (Å²) in [7, 11) is 1.55. The van der Waals surface area contributed by atoms with Crippen LogP contribution in [0.2, 0.25) is 0 Å². The summed E-state index contributed by atoms with van der Waals surface area (Å²) in [6.45, 7) is -0.198. The Bertz CT molecular complexity index is 1120. The molecule has 0 aliphatic rings. The lowest BCUT2D eigenvalue weighted by atomic mass is 10.2. The Morgan fingerprint density at radius 1 is 0.938 bits per heavy atom. The molecule has 3 aromatic carbocycles. The second-order valence-electron chi connectivity index (χ2n) is 6.34. The van der Waals surface area contributed by atoms with E-state index in [1.165, 1.54) is 6.21 Å². The molecule has 0 aliphatic heterocycles. The molecule has 32 heavy (non-hydrogen) atoms. The number of carbonyl (C=O) groups is 2. The number of hydrogen-bond donors (Lipinski definition) is 1. The average Bonchev–Trinajstić information content (AvgIpc) is 2.80. The predicted octanol–water partition coefficient (Wildman–Crippen LogP) is 4.97. The number of hydrogen-bond acceptors (Lipinski definition) is 6. The molecule has 0 radical (unpaired) electrons. The number of rotatable bonds is 8. The van der Waals surface area contributed by atoms with Crippen LogP contribution in [0.5, 0.6) is 17.2 Å². The van der Waals surface area contributed by atoms with Crippen LogP contribution in [0.1, 0.15) is 15.9 Å². The van der Waals surface area contributed by atoms with Crippen molar-refractivity contribution in [3.05, 3.63) is 86.8 Å². The number of ether oxygens (including phenoxy) is 3. The third-order valence-electron chi connectivity index (χ3n) is 4.08. The van der Waals surface area contributed by atoms with Crippen molar-refractivity contribution in [2.75, 3.05) is 13.7 Å². The van der Waals surface area contributed by atoms with Crippen molar-refractivity contribution >= 4 is 50.0 Å². The molecule has 3 aromatic rings. The zero-order valence-electron chi connectivity index (χ0n) is 16.9. The molecule has 0 unspecified atom stereocenters. The number of nitrogens with one attached hydrogen (secondary N) is 1. The molecule has 0 fully saturated rings. The third kappa shape index (κ3) is 6.93. The number of hydrazone groups is 1. The summed E-state index contributed by atoms with van der Waals surface area (Å²) in [6, 6.07) is 18.8. The van der Waals surface area contributed by atoms with Crippen molar-refractivity contribution in [2.24, 2.45) is 5.10 Å². The zero-order chi connectivity index (χ0) is 22.9. The summed E-state index contributed by atoms with van der Waals surface area (Å²) < 4.78 is 17.7. The SMILES string of the molecule is COc1ccc(C(=O)Oc2ccc(Br)cc2/C=N\NC(=O)COc2ccc(Br)cc2)cc1. The number of esters is 1. The fourth-order valence-electron chi connectivity index (χ4n) is 2.48. The molecule has 0 aromatic heterocycles. The normalized spacial score (nSPS) is 10.6. The van der Waals surface area contributed by atoms with Gasteiger partial charge in [-0.2, -0.15) is 5.10 Å². The van der Waals surface area contributed by atoms with E-state index in [-0.39, 0.29) is 12.4 Å². The van der Waals surface area contributed by atoms with Crippen LogP contribution in [0.25, 0.3) is 0 Å². The van der Waals surface area contributed by atoms with Crippen LogP contribution in [0, 0.1) is 0 Å². The van der Waals surface area contributed by atoms with E-state index in [9.17, 15) is 9.59 Å². The summed E-state index contributed by atoms with van der Waals surface area (Å²) in [5, 5.41) is 3.93. The summed E-state index contributed by atoms with van der Waals surface area (Å²) in [5.41, 5.74) is 3.25.